The van der Waals surface area contributed by atoms with Gasteiger partial charge in [0.15, 0.2) is 6.61 Å². The molecular weight excluding hydrogens is 312 g/mol. The predicted octanol–water partition coefficient (Wildman–Crippen LogP) is 1.59. The Balaban J connectivity index is 2.64. The molecule has 1 aromatic carbocycles. The number of rotatable bonds is 8. The second-order valence-electron chi connectivity index (χ2n) is 5.33. The number of carbonyl (C=O) groups is 3. The molecule has 0 saturated carbocycles. The van der Waals surface area contributed by atoms with Gasteiger partial charge in [0.25, 0.3) is 5.91 Å². The minimum Gasteiger partial charge on any atom is -0.467 e. The van der Waals surface area contributed by atoms with Crippen molar-refractivity contribution in [3.8, 4) is 0 Å². The van der Waals surface area contributed by atoms with E-state index >= 15 is 0 Å². The molecule has 0 aliphatic heterocycles. The van der Waals surface area contributed by atoms with Crippen LogP contribution in [-0.2, 0) is 19.1 Å². The van der Waals surface area contributed by atoms with Crippen molar-refractivity contribution in [1.82, 2.24) is 5.32 Å². The van der Waals surface area contributed by atoms with Crippen LogP contribution in [0.4, 0.5) is 5.69 Å². The maximum Gasteiger partial charge on any atom is 0.340 e. The number of nitrogens with one attached hydrogen (secondary N) is 2. The molecule has 0 bridgehead atoms. The van der Waals surface area contributed by atoms with E-state index in [-0.39, 0.29) is 5.92 Å². The number of anilines is 1. The Bertz CT molecular complexity index is 588. The van der Waals surface area contributed by atoms with Crippen LogP contribution in [-0.4, -0.2) is 44.7 Å². The number of hydrogen-bond acceptors (Lipinski definition) is 6. The smallest absolute Gasteiger partial charge is 0.340 e. The largest absolute Gasteiger partial charge is 0.467 e. The first kappa shape index (κ1) is 19.5. The van der Waals surface area contributed by atoms with Crippen molar-refractivity contribution < 1.29 is 23.9 Å². The first-order valence-electron chi connectivity index (χ1n) is 7.75. The number of para-hydroxylation sites is 1. The second kappa shape index (κ2) is 9.54. The van der Waals surface area contributed by atoms with E-state index in [0.717, 1.165) is 0 Å². The van der Waals surface area contributed by atoms with E-state index in [9.17, 15) is 14.4 Å². The topological polar surface area (TPSA) is 93.7 Å². The molecule has 7 heteroatoms. The highest BCUT2D eigenvalue weighted by Crippen LogP contribution is 2.15. The zero-order valence-corrected chi connectivity index (χ0v) is 14.4. The number of amides is 1. The Kier molecular flexibility index (Phi) is 7.74. The summed E-state index contributed by atoms with van der Waals surface area (Å²) in [5, 5.41) is 5.43. The van der Waals surface area contributed by atoms with Gasteiger partial charge >= 0.3 is 11.9 Å². The third kappa shape index (κ3) is 5.26. The first-order valence-corrected chi connectivity index (χ1v) is 7.75. The molecule has 132 valence electrons. The summed E-state index contributed by atoms with van der Waals surface area (Å²) in [7, 11) is 2.95. The molecule has 0 spiro atoms. The minimum absolute atomic E-state index is 0.0953. The SMILES string of the molecule is CC[C@H](C)[C@H](NC(=O)COC(=O)c1ccccc1NC)C(=O)OC. The molecule has 0 saturated heterocycles. The second-order valence-corrected chi connectivity index (χ2v) is 5.33. The third-order valence-electron chi connectivity index (χ3n) is 3.74. The molecule has 0 aliphatic rings. The van der Waals surface area contributed by atoms with Gasteiger partial charge in [0.05, 0.1) is 12.7 Å². The lowest BCUT2D eigenvalue weighted by Gasteiger charge is -2.21. The maximum atomic E-state index is 12.1. The number of methoxy groups -OCH3 is 1. The molecule has 2 atom stereocenters. The molecule has 0 fully saturated rings. The summed E-state index contributed by atoms with van der Waals surface area (Å²) in [6.45, 7) is 3.26. The molecule has 0 radical (unpaired) electrons. The van der Waals surface area contributed by atoms with Gasteiger partial charge in [-0.05, 0) is 18.1 Å². The molecule has 1 aromatic rings. The summed E-state index contributed by atoms with van der Waals surface area (Å²) in [5.41, 5.74) is 0.939. The summed E-state index contributed by atoms with van der Waals surface area (Å²) >= 11 is 0. The average molecular weight is 336 g/mol. The average Bonchev–Trinajstić information content (AvgIpc) is 2.62. The van der Waals surface area contributed by atoms with Crippen LogP contribution in [0.25, 0.3) is 0 Å². The lowest BCUT2D eigenvalue weighted by atomic mass is 9.99. The Hall–Kier alpha value is -2.57. The highest BCUT2D eigenvalue weighted by Gasteiger charge is 2.27. The van der Waals surface area contributed by atoms with Crippen LogP contribution in [0.2, 0.25) is 0 Å². The molecule has 1 amide bonds. The molecule has 0 unspecified atom stereocenters. The lowest BCUT2D eigenvalue weighted by molar-refractivity contribution is -0.147. The van der Waals surface area contributed by atoms with Gasteiger partial charge in [-0.15, -0.1) is 0 Å². The molecule has 24 heavy (non-hydrogen) atoms. The number of benzene rings is 1. The highest BCUT2D eigenvalue weighted by molar-refractivity contribution is 5.97. The van der Waals surface area contributed by atoms with Crippen molar-refractivity contribution in [1.29, 1.82) is 0 Å². The fourth-order valence-electron chi connectivity index (χ4n) is 2.10. The molecule has 0 aliphatic carbocycles. The minimum atomic E-state index is -0.768. The van der Waals surface area contributed by atoms with Gasteiger partial charge in [0.2, 0.25) is 0 Å². The molecule has 7 nitrogen and oxygen atoms in total. The van der Waals surface area contributed by atoms with E-state index in [1.165, 1.54) is 7.11 Å². The number of hydrogen-bond donors (Lipinski definition) is 2. The Morgan fingerprint density at radius 1 is 1.21 bits per heavy atom. The normalized spacial score (nSPS) is 12.7. The van der Waals surface area contributed by atoms with E-state index in [1.54, 1.807) is 31.3 Å². The van der Waals surface area contributed by atoms with Crippen molar-refractivity contribution in [3.05, 3.63) is 29.8 Å². The highest BCUT2D eigenvalue weighted by atomic mass is 16.5. The number of ether oxygens (including phenoxy) is 2. The van der Waals surface area contributed by atoms with E-state index in [2.05, 4.69) is 10.6 Å². The van der Waals surface area contributed by atoms with Crippen LogP contribution in [0.5, 0.6) is 0 Å². The quantitative estimate of drug-likeness (QED) is 0.700. The van der Waals surface area contributed by atoms with Gasteiger partial charge < -0.3 is 20.1 Å². The summed E-state index contributed by atoms with van der Waals surface area (Å²) in [6.07, 6.45) is 0.690. The first-order chi connectivity index (χ1) is 11.4. The Labute approximate surface area is 141 Å². The van der Waals surface area contributed by atoms with Crippen LogP contribution in [0.1, 0.15) is 30.6 Å². The number of carbonyl (C=O) groups excluding carboxylic acids is 3. The maximum absolute atomic E-state index is 12.1. The van der Waals surface area contributed by atoms with Crippen molar-refractivity contribution >= 4 is 23.5 Å². The summed E-state index contributed by atoms with van der Waals surface area (Å²) in [4.78, 5) is 35.8. The van der Waals surface area contributed by atoms with Crippen molar-refractivity contribution in [2.75, 3.05) is 26.1 Å². The summed E-state index contributed by atoms with van der Waals surface area (Å²) in [6, 6.07) is 6.04. The lowest BCUT2D eigenvalue weighted by Crippen LogP contribution is -2.47. The molecule has 2 N–H and O–H groups in total. The molecular formula is C17H24N2O5. The van der Waals surface area contributed by atoms with Crippen molar-refractivity contribution in [3.63, 3.8) is 0 Å². The molecule has 0 heterocycles. The molecule has 0 aromatic heterocycles. The van der Waals surface area contributed by atoms with Crippen molar-refractivity contribution in [2.45, 2.75) is 26.3 Å². The third-order valence-corrected chi connectivity index (χ3v) is 3.74. The van der Waals surface area contributed by atoms with Gasteiger partial charge in [-0.2, -0.15) is 0 Å². The standard InChI is InChI=1S/C17H24N2O5/c1-5-11(2)15(17(22)23-4)19-14(20)10-24-16(21)12-8-6-7-9-13(12)18-3/h6-9,11,15,18H,5,10H2,1-4H3,(H,19,20)/t11-,15-/m0/s1. The van der Waals surface area contributed by atoms with Gasteiger partial charge in [0.1, 0.15) is 6.04 Å². The zero-order valence-electron chi connectivity index (χ0n) is 14.4. The van der Waals surface area contributed by atoms with E-state index < -0.39 is 30.5 Å². The van der Waals surface area contributed by atoms with E-state index in [4.69, 9.17) is 9.47 Å². The monoisotopic (exact) mass is 336 g/mol. The van der Waals surface area contributed by atoms with Crippen LogP contribution in [0.15, 0.2) is 24.3 Å². The summed E-state index contributed by atoms with van der Waals surface area (Å²) < 4.78 is 9.71. The fourth-order valence-corrected chi connectivity index (χ4v) is 2.10. The number of esters is 2. The summed E-state index contributed by atoms with van der Waals surface area (Å²) in [5.74, 6) is -1.79. The van der Waals surface area contributed by atoms with E-state index in [1.807, 2.05) is 13.8 Å². The fraction of sp³-hybridized carbons (Fsp3) is 0.471. The van der Waals surface area contributed by atoms with Crippen LogP contribution >= 0.6 is 0 Å². The van der Waals surface area contributed by atoms with Crippen LogP contribution in [0, 0.1) is 5.92 Å². The van der Waals surface area contributed by atoms with Gasteiger partial charge in [0, 0.05) is 12.7 Å². The van der Waals surface area contributed by atoms with E-state index in [0.29, 0.717) is 17.7 Å². The van der Waals surface area contributed by atoms with Crippen molar-refractivity contribution in [2.24, 2.45) is 5.92 Å². The Morgan fingerprint density at radius 2 is 1.88 bits per heavy atom. The van der Waals surface area contributed by atoms with Crippen LogP contribution < -0.4 is 10.6 Å². The molecule has 1 rings (SSSR count). The van der Waals surface area contributed by atoms with Crippen LogP contribution in [0.3, 0.4) is 0 Å². The van der Waals surface area contributed by atoms with Gasteiger partial charge in [-0.25, -0.2) is 9.59 Å². The van der Waals surface area contributed by atoms with Gasteiger partial charge in [-0.1, -0.05) is 32.4 Å². The predicted molar refractivity (Wildman–Crippen MR) is 89.7 cm³/mol. The van der Waals surface area contributed by atoms with Gasteiger partial charge in [-0.3, -0.25) is 4.79 Å². The zero-order chi connectivity index (χ0) is 18.1. The Morgan fingerprint density at radius 3 is 2.46 bits per heavy atom.